The lowest BCUT2D eigenvalue weighted by molar-refractivity contribution is -0.133. The Morgan fingerprint density at radius 3 is 2.59 bits per heavy atom. The maximum Gasteiger partial charge on any atom is 0.293 e. The van der Waals surface area contributed by atoms with Gasteiger partial charge in [0, 0.05) is 18.5 Å². The highest BCUT2D eigenvalue weighted by Crippen LogP contribution is 2.18. The molecule has 140 valence electrons. The third-order valence-electron chi connectivity index (χ3n) is 5.29. The van der Waals surface area contributed by atoms with Crippen molar-refractivity contribution in [2.45, 2.75) is 33.2 Å². The van der Waals surface area contributed by atoms with Gasteiger partial charge >= 0.3 is 0 Å². The zero-order valence-electron chi connectivity index (χ0n) is 15.6. The molecule has 2 aromatic heterocycles. The smallest absolute Gasteiger partial charge is 0.293 e. The average molecular weight is 365 g/mol. The molecular weight excluding hydrogens is 342 g/mol. The number of fused-ring (bicyclic) bond motifs is 1. The van der Waals surface area contributed by atoms with Crippen LogP contribution in [0.4, 0.5) is 0 Å². The fourth-order valence-corrected chi connectivity index (χ4v) is 3.58. The van der Waals surface area contributed by atoms with Crippen LogP contribution in [-0.2, 0) is 11.3 Å². The third-order valence-corrected chi connectivity index (χ3v) is 5.29. The van der Waals surface area contributed by atoms with Gasteiger partial charge in [-0.05, 0) is 37.8 Å². The topological polar surface area (TPSA) is 73.0 Å². The first-order valence-electron chi connectivity index (χ1n) is 9.33. The molecule has 1 fully saturated rings. The molecular formula is C20H23N5O2. The lowest BCUT2D eigenvalue weighted by Crippen LogP contribution is -2.42. The molecule has 0 unspecified atom stereocenters. The number of para-hydroxylation sites is 1. The number of amides is 1. The van der Waals surface area contributed by atoms with E-state index in [4.69, 9.17) is 0 Å². The van der Waals surface area contributed by atoms with Crippen molar-refractivity contribution in [1.29, 1.82) is 0 Å². The Balaban J connectivity index is 1.71. The minimum atomic E-state index is -0.296. The van der Waals surface area contributed by atoms with Crippen LogP contribution >= 0.6 is 0 Å². The first-order chi connectivity index (χ1) is 13.0. The summed E-state index contributed by atoms with van der Waals surface area (Å²) in [6, 6.07) is 9.50. The van der Waals surface area contributed by atoms with Crippen molar-refractivity contribution in [2.75, 3.05) is 13.1 Å². The van der Waals surface area contributed by atoms with E-state index in [2.05, 4.69) is 17.1 Å². The fourth-order valence-electron chi connectivity index (χ4n) is 3.58. The number of piperidine rings is 1. The summed E-state index contributed by atoms with van der Waals surface area (Å²) in [4.78, 5) is 27.6. The monoisotopic (exact) mass is 365 g/mol. The highest BCUT2D eigenvalue weighted by molar-refractivity contribution is 5.82. The van der Waals surface area contributed by atoms with Crippen LogP contribution in [0.5, 0.6) is 0 Å². The maximum absolute atomic E-state index is 13.1. The van der Waals surface area contributed by atoms with Crippen LogP contribution in [0.3, 0.4) is 0 Å². The van der Waals surface area contributed by atoms with Gasteiger partial charge in [0.1, 0.15) is 12.1 Å². The van der Waals surface area contributed by atoms with Gasteiger partial charge in [-0.2, -0.15) is 10.2 Å². The number of nitrogens with zero attached hydrogens (tertiary/aromatic N) is 5. The van der Waals surface area contributed by atoms with Gasteiger partial charge in [0.2, 0.25) is 5.91 Å². The van der Waals surface area contributed by atoms with E-state index in [0.717, 1.165) is 31.6 Å². The Hall–Kier alpha value is -2.96. The number of carbonyl (C=O) groups excluding carboxylic acids is 1. The maximum atomic E-state index is 13.1. The number of aryl methyl sites for hydroxylation is 1. The Morgan fingerprint density at radius 1 is 1.19 bits per heavy atom. The summed E-state index contributed by atoms with van der Waals surface area (Å²) in [5.41, 5.74) is 1.65. The fraction of sp³-hybridized carbons (Fsp3) is 0.400. The Morgan fingerprint density at radius 2 is 1.89 bits per heavy atom. The van der Waals surface area contributed by atoms with E-state index in [9.17, 15) is 9.59 Å². The molecule has 0 bridgehead atoms. The summed E-state index contributed by atoms with van der Waals surface area (Å²) in [5.74, 6) is 0.592. The second kappa shape index (κ2) is 6.98. The van der Waals surface area contributed by atoms with Crippen LogP contribution in [0.1, 0.15) is 25.5 Å². The summed E-state index contributed by atoms with van der Waals surface area (Å²) >= 11 is 0. The van der Waals surface area contributed by atoms with E-state index in [-0.39, 0.29) is 18.0 Å². The molecule has 1 amide bonds. The zero-order chi connectivity index (χ0) is 19.0. The van der Waals surface area contributed by atoms with E-state index in [0.29, 0.717) is 22.5 Å². The number of benzene rings is 1. The molecule has 1 aliphatic rings. The van der Waals surface area contributed by atoms with E-state index >= 15 is 0 Å². The molecule has 1 aromatic carbocycles. The van der Waals surface area contributed by atoms with Crippen molar-refractivity contribution in [3.05, 3.63) is 52.6 Å². The molecule has 0 spiro atoms. The predicted octanol–water partition coefficient (Wildman–Crippen LogP) is 2.15. The minimum Gasteiger partial charge on any atom is -0.341 e. The van der Waals surface area contributed by atoms with E-state index in [1.54, 1.807) is 10.9 Å². The van der Waals surface area contributed by atoms with Crippen molar-refractivity contribution < 1.29 is 4.79 Å². The Bertz CT molecular complexity index is 1030. The second-order valence-electron chi connectivity index (χ2n) is 7.27. The van der Waals surface area contributed by atoms with Gasteiger partial charge in [-0.1, -0.05) is 25.1 Å². The molecule has 0 atom stereocenters. The van der Waals surface area contributed by atoms with Gasteiger partial charge in [0.05, 0.1) is 17.6 Å². The molecule has 0 aliphatic carbocycles. The number of carbonyl (C=O) groups is 1. The standard InChI is InChI=1S/C20H23N5O2/c1-14-8-10-23(11-9-14)18(26)13-24-20(27)19-17(15(2)22-24)12-21-25(19)16-6-4-3-5-7-16/h3-7,12,14H,8-11,13H2,1-2H3. The van der Waals surface area contributed by atoms with Crippen LogP contribution in [-0.4, -0.2) is 43.5 Å². The van der Waals surface area contributed by atoms with Gasteiger partial charge in [-0.3, -0.25) is 9.59 Å². The highest BCUT2D eigenvalue weighted by Gasteiger charge is 2.22. The molecule has 1 aliphatic heterocycles. The van der Waals surface area contributed by atoms with Gasteiger partial charge in [0.25, 0.3) is 5.56 Å². The summed E-state index contributed by atoms with van der Waals surface area (Å²) in [5, 5.41) is 9.44. The van der Waals surface area contributed by atoms with Crippen molar-refractivity contribution in [3.63, 3.8) is 0 Å². The van der Waals surface area contributed by atoms with Crippen molar-refractivity contribution >= 4 is 16.8 Å². The molecule has 3 aromatic rings. The van der Waals surface area contributed by atoms with Crippen LogP contribution in [0.2, 0.25) is 0 Å². The van der Waals surface area contributed by atoms with E-state index in [1.807, 2.05) is 42.2 Å². The molecule has 7 heteroatoms. The highest BCUT2D eigenvalue weighted by atomic mass is 16.2. The molecule has 27 heavy (non-hydrogen) atoms. The van der Waals surface area contributed by atoms with E-state index in [1.165, 1.54) is 4.68 Å². The number of hydrogen-bond acceptors (Lipinski definition) is 4. The largest absolute Gasteiger partial charge is 0.341 e. The van der Waals surface area contributed by atoms with Gasteiger partial charge < -0.3 is 4.90 Å². The van der Waals surface area contributed by atoms with Crippen molar-refractivity contribution in [2.24, 2.45) is 5.92 Å². The molecule has 7 nitrogen and oxygen atoms in total. The molecule has 0 N–H and O–H groups in total. The van der Waals surface area contributed by atoms with Gasteiger partial charge in [-0.25, -0.2) is 9.36 Å². The van der Waals surface area contributed by atoms with Crippen LogP contribution in [0.15, 0.2) is 41.3 Å². The van der Waals surface area contributed by atoms with Crippen LogP contribution in [0.25, 0.3) is 16.6 Å². The molecule has 4 rings (SSSR count). The quantitative estimate of drug-likeness (QED) is 0.713. The first-order valence-corrected chi connectivity index (χ1v) is 9.33. The number of hydrogen-bond donors (Lipinski definition) is 0. The van der Waals surface area contributed by atoms with Crippen LogP contribution in [0, 0.1) is 12.8 Å². The lowest BCUT2D eigenvalue weighted by atomic mass is 9.99. The molecule has 0 radical (unpaired) electrons. The SMILES string of the molecule is Cc1nn(CC(=O)N2CCC(C)CC2)c(=O)c2c1cnn2-c1ccccc1. The Kier molecular flexibility index (Phi) is 4.51. The predicted molar refractivity (Wildman–Crippen MR) is 103 cm³/mol. The molecule has 3 heterocycles. The lowest BCUT2D eigenvalue weighted by Gasteiger charge is -2.30. The van der Waals surface area contributed by atoms with Crippen molar-refractivity contribution in [3.8, 4) is 5.69 Å². The normalized spacial score (nSPS) is 15.4. The van der Waals surface area contributed by atoms with Gasteiger partial charge in [-0.15, -0.1) is 0 Å². The molecule has 1 saturated heterocycles. The van der Waals surface area contributed by atoms with Crippen LogP contribution < -0.4 is 5.56 Å². The second-order valence-corrected chi connectivity index (χ2v) is 7.27. The number of likely N-dealkylation sites (tertiary alicyclic amines) is 1. The third kappa shape index (κ3) is 3.25. The van der Waals surface area contributed by atoms with Crippen molar-refractivity contribution in [1.82, 2.24) is 24.5 Å². The summed E-state index contributed by atoms with van der Waals surface area (Å²) < 4.78 is 2.90. The minimum absolute atomic E-state index is 0.0377. The molecule has 0 saturated carbocycles. The Labute approximate surface area is 157 Å². The zero-order valence-corrected chi connectivity index (χ0v) is 15.6. The van der Waals surface area contributed by atoms with E-state index < -0.39 is 0 Å². The summed E-state index contributed by atoms with van der Waals surface area (Å²) in [7, 11) is 0. The average Bonchev–Trinajstić information content (AvgIpc) is 3.13. The summed E-state index contributed by atoms with van der Waals surface area (Å²) in [6.45, 7) is 5.50. The summed E-state index contributed by atoms with van der Waals surface area (Å²) in [6.07, 6.45) is 3.67. The number of aromatic nitrogens is 4. The number of rotatable bonds is 3. The van der Waals surface area contributed by atoms with Gasteiger partial charge in [0.15, 0.2) is 0 Å². The first kappa shape index (κ1) is 17.5.